The van der Waals surface area contributed by atoms with E-state index in [9.17, 15) is 13.6 Å². The molecule has 1 aromatic carbocycles. The summed E-state index contributed by atoms with van der Waals surface area (Å²) in [5.41, 5.74) is 2.00. The first-order valence-corrected chi connectivity index (χ1v) is 5.68. The summed E-state index contributed by atoms with van der Waals surface area (Å²) in [4.78, 5) is 15.0. The first-order chi connectivity index (χ1) is 8.97. The van der Waals surface area contributed by atoms with Crippen LogP contribution >= 0.6 is 0 Å². The number of aryl methyl sites for hydroxylation is 2. The van der Waals surface area contributed by atoms with Crippen LogP contribution in [0.4, 0.5) is 14.5 Å². The highest BCUT2D eigenvalue weighted by Gasteiger charge is 2.13. The molecule has 98 valence electrons. The smallest absolute Gasteiger partial charge is 0.256 e. The van der Waals surface area contributed by atoms with Crippen molar-refractivity contribution >= 4 is 11.6 Å². The van der Waals surface area contributed by atoms with Gasteiger partial charge in [0.25, 0.3) is 5.91 Å². The normalized spacial score (nSPS) is 10.3. The predicted molar refractivity (Wildman–Crippen MR) is 68.0 cm³/mol. The number of carbonyl (C=O) groups excluding carboxylic acids is 1. The molecule has 0 spiro atoms. The number of nitrogens with zero attached hydrogens (tertiary/aromatic N) is 1. The molecule has 0 aliphatic heterocycles. The minimum atomic E-state index is -1.04. The van der Waals surface area contributed by atoms with Crippen LogP contribution in [0, 0.1) is 25.7 Å². The first-order valence-electron chi connectivity index (χ1n) is 5.68. The van der Waals surface area contributed by atoms with E-state index in [0.717, 1.165) is 23.3 Å². The topological polar surface area (TPSA) is 42.0 Å². The molecule has 3 nitrogen and oxygen atoms in total. The van der Waals surface area contributed by atoms with Crippen LogP contribution in [0.25, 0.3) is 0 Å². The summed E-state index contributed by atoms with van der Waals surface area (Å²) < 4.78 is 26.0. The second kappa shape index (κ2) is 5.14. The molecule has 0 saturated heterocycles. The van der Waals surface area contributed by atoms with Gasteiger partial charge in [-0.3, -0.25) is 4.79 Å². The Kier molecular flexibility index (Phi) is 3.55. The van der Waals surface area contributed by atoms with Gasteiger partial charge in [0.2, 0.25) is 11.9 Å². The maximum Gasteiger partial charge on any atom is 0.256 e. The third kappa shape index (κ3) is 2.93. The van der Waals surface area contributed by atoms with Crippen LogP contribution in [0.3, 0.4) is 0 Å². The Bertz CT molecular complexity index is 641. The molecule has 1 aromatic heterocycles. The lowest BCUT2D eigenvalue weighted by Crippen LogP contribution is -2.15. The molecule has 5 heteroatoms. The van der Waals surface area contributed by atoms with Gasteiger partial charge in [0, 0.05) is 5.56 Å². The second-order valence-electron chi connectivity index (χ2n) is 4.24. The van der Waals surface area contributed by atoms with Gasteiger partial charge in [-0.1, -0.05) is 17.7 Å². The van der Waals surface area contributed by atoms with Gasteiger partial charge in [0.15, 0.2) is 0 Å². The Labute approximate surface area is 109 Å². The molecule has 2 aromatic rings. The fourth-order valence-electron chi connectivity index (χ4n) is 1.68. The van der Waals surface area contributed by atoms with Gasteiger partial charge < -0.3 is 5.32 Å². The van der Waals surface area contributed by atoms with Crippen molar-refractivity contribution in [2.75, 3.05) is 5.32 Å². The van der Waals surface area contributed by atoms with Gasteiger partial charge in [0.05, 0.1) is 5.69 Å². The van der Waals surface area contributed by atoms with Crippen molar-refractivity contribution in [1.29, 1.82) is 0 Å². The number of rotatable bonds is 2. The Morgan fingerprint density at radius 1 is 1.16 bits per heavy atom. The zero-order chi connectivity index (χ0) is 14.0. The lowest BCUT2D eigenvalue weighted by Gasteiger charge is -2.08. The van der Waals surface area contributed by atoms with Gasteiger partial charge in [-0.05, 0) is 37.6 Å². The van der Waals surface area contributed by atoms with E-state index in [2.05, 4.69) is 10.3 Å². The van der Waals surface area contributed by atoms with Crippen LogP contribution in [0.1, 0.15) is 21.5 Å². The van der Waals surface area contributed by atoms with Crippen LogP contribution in [0.15, 0.2) is 30.3 Å². The molecule has 0 bridgehead atoms. The summed E-state index contributed by atoms with van der Waals surface area (Å²) in [6.07, 6.45) is 0. The highest BCUT2D eigenvalue weighted by atomic mass is 19.1. The monoisotopic (exact) mass is 262 g/mol. The van der Waals surface area contributed by atoms with Gasteiger partial charge in [0.1, 0.15) is 0 Å². The largest absolute Gasteiger partial charge is 0.318 e. The highest BCUT2D eigenvalue weighted by molar-refractivity contribution is 6.05. The van der Waals surface area contributed by atoms with Crippen molar-refractivity contribution in [3.8, 4) is 0 Å². The van der Waals surface area contributed by atoms with Crippen molar-refractivity contribution < 1.29 is 13.6 Å². The second-order valence-corrected chi connectivity index (χ2v) is 4.24. The molecule has 0 radical (unpaired) electrons. The lowest BCUT2D eigenvalue weighted by atomic mass is 10.1. The Morgan fingerprint density at radius 3 is 2.58 bits per heavy atom. The molecule has 1 N–H and O–H groups in total. The van der Waals surface area contributed by atoms with E-state index in [1.54, 1.807) is 13.0 Å². The average Bonchev–Trinajstić information content (AvgIpc) is 2.35. The van der Waals surface area contributed by atoms with Crippen molar-refractivity contribution in [2.45, 2.75) is 13.8 Å². The molecule has 19 heavy (non-hydrogen) atoms. The molecule has 0 unspecified atom stereocenters. The van der Waals surface area contributed by atoms with E-state index >= 15 is 0 Å². The lowest BCUT2D eigenvalue weighted by molar-refractivity contribution is 0.102. The van der Waals surface area contributed by atoms with E-state index in [1.165, 1.54) is 0 Å². The third-order valence-corrected chi connectivity index (χ3v) is 2.70. The minimum Gasteiger partial charge on any atom is -0.318 e. The van der Waals surface area contributed by atoms with Crippen molar-refractivity contribution in [1.82, 2.24) is 4.98 Å². The van der Waals surface area contributed by atoms with Crippen LogP contribution in [0.5, 0.6) is 0 Å². The zero-order valence-corrected chi connectivity index (χ0v) is 10.5. The van der Waals surface area contributed by atoms with Gasteiger partial charge in [-0.25, -0.2) is 0 Å². The third-order valence-electron chi connectivity index (χ3n) is 2.70. The number of anilines is 1. The number of carbonyl (C=O) groups is 1. The first kappa shape index (κ1) is 13.1. The summed E-state index contributed by atoms with van der Waals surface area (Å²) in [7, 11) is 0. The standard InChI is InChI=1S/C14H12F2N2O/c1-8-3-4-9(2)10(7-8)14(19)17-11-5-6-12(15)18-13(11)16/h3-7H,1-2H3,(H,17,19). The quantitative estimate of drug-likeness (QED) is 0.844. The van der Waals surface area contributed by atoms with E-state index in [4.69, 9.17) is 0 Å². The van der Waals surface area contributed by atoms with Gasteiger partial charge in [-0.15, -0.1) is 0 Å². The summed E-state index contributed by atoms with van der Waals surface area (Å²) >= 11 is 0. The van der Waals surface area contributed by atoms with Crippen LogP contribution < -0.4 is 5.32 Å². The maximum absolute atomic E-state index is 13.3. The molecule has 0 saturated carbocycles. The Balaban J connectivity index is 2.28. The number of halogens is 2. The van der Waals surface area contributed by atoms with E-state index < -0.39 is 17.8 Å². The molecule has 0 aliphatic carbocycles. The molecule has 2 rings (SSSR count). The fraction of sp³-hybridized carbons (Fsp3) is 0.143. The summed E-state index contributed by atoms with van der Waals surface area (Å²) in [6.45, 7) is 3.64. The number of aromatic nitrogens is 1. The Hall–Kier alpha value is -2.30. The van der Waals surface area contributed by atoms with E-state index in [-0.39, 0.29) is 5.69 Å². The van der Waals surface area contributed by atoms with Crippen molar-refractivity contribution in [3.63, 3.8) is 0 Å². The maximum atomic E-state index is 13.3. The molecule has 1 amide bonds. The van der Waals surface area contributed by atoms with Crippen LogP contribution in [-0.2, 0) is 0 Å². The number of hydrogen-bond donors (Lipinski definition) is 1. The van der Waals surface area contributed by atoms with E-state index in [0.29, 0.717) is 5.56 Å². The van der Waals surface area contributed by atoms with Gasteiger partial charge in [-0.2, -0.15) is 13.8 Å². The number of hydrogen-bond acceptors (Lipinski definition) is 2. The number of benzene rings is 1. The van der Waals surface area contributed by atoms with Gasteiger partial charge >= 0.3 is 0 Å². The molecule has 0 atom stereocenters. The number of pyridine rings is 1. The molecular weight excluding hydrogens is 250 g/mol. The predicted octanol–water partition coefficient (Wildman–Crippen LogP) is 3.23. The number of nitrogens with one attached hydrogen (secondary N) is 1. The fourth-order valence-corrected chi connectivity index (χ4v) is 1.68. The highest BCUT2D eigenvalue weighted by Crippen LogP contribution is 2.16. The van der Waals surface area contributed by atoms with E-state index in [1.807, 2.05) is 19.1 Å². The Morgan fingerprint density at radius 2 is 1.89 bits per heavy atom. The van der Waals surface area contributed by atoms with Crippen LogP contribution in [-0.4, -0.2) is 10.9 Å². The average molecular weight is 262 g/mol. The zero-order valence-electron chi connectivity index (χ0n) is 10.5. The SMILES string of the molecule is Cc1ccc(C)c(C(=O)Nc2ccc(F)nc2F)c1. The molecule has 0 aliphatic rings. The van der Waals surface area contributed by atoms with Crippen molar-refractivity contribution in [3.05, 3.63) is 58.9 Å². The van der Waals surface area contributed by atoms with Crippen LogP contribution in [0.2, 0.25) is 0 Å². The summed E-state index contributed by atoms with van der Waals surface area (Å²) in [5.74, 6) is -2.42. The molecule has 1 heterocycles. The van der Waals surface area contributed by atoms with Crippen molar-refractivity contribution in [2.24, 2.45) is 0 Å². The minimum absolute atomic E-state index is 0.146. The summed E-state index contributed by atoms with van der Waals surface area (Å²) in [6, 6.07) is 7.53. The molecule has 0 fully saturated rings. The summed E-state index contributed by atoms with van der Waals surface area (Å²) in [5, 5.41) is 2.38. The molecular formula is C14H12F2N2O. The number of amides is 1.